The maximum atomic E-state index is 13.2. The SMILES string of the molecule is COCCCOCc1c(F)c(F)c(F)c(F)c1F. The molecule has 0 fully saturated rings. The predicted octanol–water partition coefficient (Wildman–Crippen LogP) is 2.94. The van der Waals surface area contributed by atoms with Crippen LogP contribution in [0.5, 0.6) is 0 Å². The van der Waals surface area contributed by atoms with Crippen molar-refractivity contribution in [2.45, 2.75) is 13.0 Å². The van der Waals surface area contributed by atoms with Crippen LogP contribution in [0.25, 0.3) is 0 Å². The Balaban J connectivity index is 2.77. The van der Waals surface area contributed by atoms with Crippen LogP contribution >= 0.6 is 0 Å². The maximum Gasteiger partial charge on any atom is 0.200 e. The van der Waals surface area contributed by atoms with E-state index in [2.05, 4.69) is 0 Å². The first-order chi connectivity index (χ1) is 8.50. The molecule has 0 aliphatic rings. The van der Waals surface area contributed by atoms with Gasteiger partial charge in [0.15, 0.2) is 23.3 Å². The van der Waals surface area contributed by atoms with Crippen LogP contribution in [0.3, 0.4) is 0 Å². The summed E-state index contributed by atoms with van der Waals surface area (Å²) < 4.78 is 74.1. The highest BCUT2D eigenvalue weighted by Gasteiger charge is 2.25. The standard InChI is InChI=1S/C11H11F5O2/c1-17-3-2-4-18-5-6-7(12)9(14)11(16)10(15)8(6)13/h2-5H2,1H3. The lowest BCUT2D eigenvalue weighted by Gasteiger charge is -2.08. The summed E-state index contributed by atoms with van der Waals surface area (Å²) in [6.45, 7) is -0.222. The molecule has 0 amide bonds. The van der Waals surface area contributed by atoms with E-state index in [1.165, 1.54) is 7.11 Å². The number of halogens is 5. The normalized spacial score (nSPS) is 11.0. The van der Waals surface area contributed by atoms with Crippen molar-refractivity contribution in [2.75, 3.05) is 20.3 Å². The van der Waals surface area contributed by atoms with Gasteiger partial charge >= 0.3 is 0 Å². The van der Waals surface area contributed by atoms with E-state index in [1.54, 1.807) is 0 Å². The van der Waals surface area contributed by atoms with E-state index in [0.717, 1.165) is 0 Å². The average molecular weight is 270 g/mol. The Morgan fingerprint density at radius 3 is 1.78 bits per heavy atom. The molecule has 0 atom stereocenters. The van der Waals surface area contributed by atoms with Crippen LogP contribution in [0.4, 0.5) is 22.0 Å². The van der Waals surface area contributed by atoms with E-state index >= 15 is 0 Å². The van der Waals surface area contributed by atoms with Gasteiger partial charge in [0.1, 0.15) is 0 Å². The monoisotopic (exact) mass is 270 g/mol. The first-order valence-electron chi connectivity index (χ1n) is 5.07. The third kappa shape index (κ3) is 3.17. The zero-order chi connectivity index (χ0) is 13.7. The second-order valence-corrected chi connectivity index (χ2v) is 3.45. The van der Waals surface area contributed by atoms with E-state index in [9.17, 15) is 22.0 Å². The van der Waals surface area contributed by atoms with Crippen molar-refractivity contribution in [3.63, 3.8) is 0 Å². The molecule has 0 radical (unpaired) electrons. The highest BCUT2D eigenvalue weighted by Crippen LogP contribution is 2.23. The maximum absolute atomic E-state index is 13.2. The van der Waals surface area contributed by atoms with Gasteiger partial charge in [-0.15, -0.1) is 0 Å². The summed E-state index contributed by atoms with van der Waals surface area (Å²) in [5.74, 6) is -9.84. The Labute approximate surface area is 100 Å². The van der Waals surface area contributed by atoms with Gasteiger partial charge in [-0.3, -0.25) is 0 Å². The molecule has 0 aromatic heterocycles. The highest BCUT2D eigenvalue weighted by molar-refractivity contribution is 5.23. The summed E-state index contributed by atoms with van der Waals surface area (Å²) in [5.41, 5.74) is -0.969. The molecule has 0 bridgehead atoms. The number of ether oxygens (including phenoxy) is 2. The molecule has 7 heteroatoms. The van der Waals surface area contributed by atoms with Gasteiger partial charge < -0.3 is 9.47 Å². The Morgan fingerprint density at radius 2 is 1.28 bits per heavy atom. The number of hydrogen-bond acceptors (Lipinski definition) is 2. The lowest BCUT2D eigenvalue weighted by molar-refractivity contribution is 0.0883. The second kappa shape index (κ2) is 6.65. The quantitative estimate of drug-likeness (QED) is 0.342. The number of hydrogen-bond donors (Lipinski definition) is 0. The van der Waals surface area contributed by atoms with Crippen LogP contribution in [-0.4, -0.2) is 20.3 Å². The van der Waals surface area contributed by atoms with E-state index in [-0.39, 0.29) is 6.61 Å². The highest BCUT2D eigenvalue weighted by atomic mass is 19.2. The Bertz CT molecular complexity index is 393. The summed E-state index contributed by atoms with van der Waals surface area (Å²) in [6, 6.07) is 0. The van der Waals surface area contributed by atoms with Crippen LogP contribution in [0, 0.1) is 29.1 Å². The van der Waals surface area contributed by atoms with Crippen LogP contribution < -0.4 is 0 Å². The largest absolute Gasteiger partial charge is 0.385 e. The fraction of sp³-hybridized carbons (Fsp3) is 0.455. The Morgan fingerprint density at radius 1 is 0.778 bits per heavy atom. The van der Waals surface area contributed by atoms with Crippen molar-refractivity contribution in [1.82, 2.24) is 0 Å². The summed E-state index contributed by atoms with van der Waals surface area (Å²) in [6.07, 6.45) is 0.450. The molecule has 102 valence electrons. The zero-order valence-corrected chi connectivity index (χ0v) is 9.53. The van der Waals surface area contributed by atoms with Gasteiger partial charge in [-0.2, -0.15) is 0 Å². The molecule has 1 rings (SSSR count). The fourth-order valence-electron chi connectivity index (χ4n) is 1.26. The van der Waals surface area contributed by atoms with E-state index in [0.29, 0.717) is 13.0 Å². The first-order valence-corrected chi connectivity index (χ1v) is 5.07. The van der Waals surface area contributed by atoms with Gasteiger partial charge in [0.25, 0.3) is 0 Å². The molecule has 0 spiro atoms. The third-order valence-electron chi connectivity index (χ3n) is 2.18. The molecule has 0 N–H and O–H groups in total. The summed E-state index contributed by atoms with van der Waals surface area (Å²) >= 11 is 0. The van der Waals surface area contributed by atoms with Gasteiger partial charge in [-0.05, 0) is 6.42 Å². The molecule has 1 aromatic carbocycles. The number of benzene rings is 1. The summed E-state index contributed by atoms with van der Waals surface area (Å²) in [5, 5.41) is 0. The molecular weight excluding hydrogens is 259 g/mol. The third-order valence-corrected chi connectivity index (χ3v) is 2.18. The Kier molecular flexibility index (Phi) is 5.49. The molecule has 0 aliphatic carbocycles. The first kappa shape index (κ1) is 14.8. The van der Waals surface area contributed by atoms with Gasteiger partial charge in [0.2, 0.25) is 5.82 Å². The minimum atomic E-state index is -2.17. The lowest BCUT2D eigenvalue weighted by atomic mass is 10.2. The van der Waals surface area contributed by atoms with Crippen LogP contribution in [0.2, 0.25) is 0 Å². The van der Waals surface area contributed by atoms with Crippen molar-refractivity contribution in [3.8, 4) is 0 Å². The smallest absolute Gasteiger partial charge is 0.200 e. The summed E-state index contributed by atoms with van der Waals surface area (Å²) in [7, 11) is 1.46. The predicted molar refractivity (Wildman–Crippen MR) is 52.4 cm³/mol. The van der Waals surface area contributed by atoms with Gasteiger partial charge in [-0.1, -0.05) is 0 Å². The van der Waals surface area contributed by atoms with E-state index < -0.39 is 41.3 Å². The van der Waals surface area contributed by atoms with Crippen molar-refractivity contribution in [1.29, 1.82) is 0 Å². The average Bonchev–Trinajstić information content (AvgIpc) is 2.37. The molecule has 18 heavy (non-hydrogen) atoms. The lowest BCUT2D eigenvalue weighted by Crippen LogP contribution is -2.09. The Hall–Kier alpha value is -1.21. The number of rotatable bonds is 6. The minimum absolute atomic E-state index is 0.0906. The van der Waals surface area contributed by atoms with Crippen LogP contribution in [-0.2, 0) is 16.1 Å². The van der Waals surface area contributed by atoms with Gasteiger partial charge in [0, 0.05) is 20.3 Å². The second-order valence-electron chi connectivity index (χ2n) is 3.45. The number of methoxy groups -OCH3 is 1. The molecule has 0 saturated heterocycles. The van der Waals surface area contributed by atoms with Crippen molar-refractivity contribution >= 4 is 0 Å². The van der Waals surface area contributed by atoms with Gasteiger partial charge in [0.05, 0.1) is 12.2 Å². The molecule has 0 heterocycles. The molecule has 2 nitrogen and oxygen atoms in total. The molecule has 0 aliphatic heterocycles. The summed E-state index contributed by atoms with van der Waals surface area (Å²) in [4.78, 5) is 0. The van der Waals surface area contributed by atoms with E-state index in [4.69, 9.17) is 9.47 Å². The van der Waals surface area contributed by atoms with Crippen molar-refractivity contribution in [2.24, 2.45) is 0 Å². The zero-order valence-electron chi connectivity index (χ0n) is 9.53. The van der Waals surface area contributed by atoms with Crippen molar-refractivity contribution < 1.29 is 31.4 Å². The van der Waals surface area contributed by atoms with Crippen LogP contribution in [0.1, 0.15) is 12.0 Å². The molecular formula is C11H11F5O2. The molecule has 0 saturated carbocycles. The van der Waals surface area contributed by atoms with Gasteiger partial charge in [-0.25, -0.2) is 22.0 Å². The molecule has 0 unspecified atom stereocenters. The van der Waals surface area contributed by atoms with Crippen molar-refractivity contribution in [3.05, 3.63) is 34.6 Å². The van der Waals surface area contributed by atoms with Crippen LogP contribution in [0.15, 0.2) is 0 Å². The van der Waals surface area contributed by atoms with E-state index in [1.807, 2.05) is 0 Å². The molecule has 1 aromatic rings. The fourth-order valence-corrected chi connectivity index (χ4v) is 1.26. The minimum Gasteiger partial charge on any atom is -0.385 e. The topological polar surface area (TPSA) is 18.5 Å².